The molecule has 0 aromatic carbocycles. The van der Waals surface area contributed by atoms with Crippen LogP contribution in [0.5, 0.6) is 0 Å². The number of aromatic nitrogens is 2. The molecule has 0 spiro atoms. The number of hydrogen-bond donors (Lipinski definition) is 6. The van der Waals surface area contributed by atoms with E-state index in [9.17, 15) is 20.4 Å². The minimum atomic E-state index is -1.41. The van der Waals surface area contributed by atoms with Gasteiger partial charge >= 0.3 is 0 Å². The molecule has 0 amide bonds. The maximum Gasteiger partial charge on any atom is 0.132 e. The van der Waals surface area contributed by atoms with Gasteiger partial charge < -0.3 is 35.6 Å². The summed E-state index contributed by atoms with van der Waals surface area (Å²) in [4.78, 5) is 7.74. The molecule has 2 heterocycles. The average Bonchev–Trinajstić information content (AvgIpc) is 2.58. The summed E-state index contributed by atoms with van der Waals surface area (Å²) in [6.45, 7) is -0.235. The highest BCUT2D eigenvalue weighted by molar-refractivity contribution is 7.99. The summed E-state index contributed by atoms with van der Waals surface area (Å²) in [7, 11) is 0. The normalized spacial score (nSPS) is 32.5. The summed E-state index contributed by atoms with van der Waals surface area (Å²) < 4.78 is 5.34. The maximum atomic E-state index is 9.94. The Morgan fingerprint density at radius 1 is 1.26 bits per heavy atom. The second-order valence-electron chi connectivity index (χ2n) is 5.16. The highest BCUT2D eigenvalue weighted by Crippen LogP contribution is 2.28. The van der Waals surface area contributed by atoms with Gasteiger partial charge in [-0.1, -0.05) is 0 Å². The molecule has 2 rings (SSSR count). The van der Waals surface area contributed by atoms with Crippen molar-refractivity contribution in [1.29, 1.82) is 0 Å². The van der Waals surface area contributed by atoms with E-state index < -0.39 is 42.6 Å². The average molecular weight is 347 g/mol. The van der Waals surface area contributed by atoms with Gasteiger partial charge in [-0.3, -0.25) is 0 Å². The van der Waals surface area contributed by atoms with Crippen LogP contribution in [0.4, 0.5) is 5.82 Å². The van der Waals surface area contributed by atoms with Crippen LogP contribution in [-0.4, -0.2) is 90.4 Å². The van der Waals surface area contributed by atoms with Gasteiger partial charge in [0.2, 0.25) is 0 Å². The molecule has 9 nitrogen and oxygen atoms in total. The number of ether oxygens (including phenoxy) is 1. The third-order valence-electron chi connectivity index (χ3n) is 3.40. The number of nitrogens with zero attached hydrogens (tertiary/aromatic N) is 2. The number of aliphatic hydroxyl groups is 5. The molecule has 23 heavy (non-hydrogen) atoms. The molecule has 6 unspecified atom stereocenters. The van der Waals surface area contributed by atoms with Crippen LogP contribution in [0.1, 0.15) is 0 Å². The van der Waals surface area contributed by atoms with E-state index in [1.165, 1.54) is 6.33 Å². The monoisotopic (exact) mass is 347 g/mol. The number of aliphatic hydroxyl groups excluding tert-OH is 5. The van der Waals surface area contributed by atoms with Gasteiger partial charge in [0.15, 0.2) is 0 Å². The second-order valence-corrected chi connectivity index (χ2v) is 6.29. The second kappa shape index (κ2) is 8.73. The quantitative estimate of drug-likeness (QED) is 0.320. The lowest BCUT2D eigenvalue weighted by Gasteiger charge is -2.39. The van der Waals surface area contributed by atoms with Crippen LogP contribution in [-0.2, 0) is 4.74 Å². The molecule has 0 radical (unpaired) electrons. The summed E-state index contributed by atoms with van der Waals surface area (Å²) in [5, 5.41) is 51.3. The minimum Gasteiger partial charge on any atom is -0.394 e. The Morgan fingerprint density at radius 3 is 2.70 bits per heavy atom. The highest BCUT2D eigenvalue weighted by Gasteiger charge is 2.43. The van der Waals surface area contributed by atoms with Crippen molar-refractivity contribution in [3.8, 4) is 0 Å². The fourth-order valence-electron chi connectivity index (χ4n) is 2.09. The largest absolute Gasteiger partial charge is 0.394 e. The molecule has 0 aliphatic carbocycles. The van der Waals surface area contributed by atoms with Gasteiger partial charge in [0.05, 0.1) is 12.7 Å². The van der Waals surface area contributed by atoms with E-state index in [1.807, 2.05) is 0 Å². The third kappa shape index (κ3) is 4.98. The molecule has 1 saturated heterocycles. The Morgan fingerprint density at radius 2 is 2.04 bits per heavy atom. The van der Waals surface area contributed by atoms with Crippen LogP contribution in [0.3, 0.4) is 0 Å². The van der Waals surface area contributed by atoms with Gasteiger partial charge in [-0.05, 0) is 6.07 Å². The molecule has 130 valence electrons. The van der Waals surface area contributed by atoms with Crippen molar-refractivity contribution in [2.24, 2.45) is 0 Å². The molecular weight excluding hydrogens is 326 g/mol. The summed E-state index contributed by atoms with van der Waals surface area (Å²) in [5.74, 6) is 0.803. The zero-order valence-corrected chi connectivity index (χ0v) is 13.1. The Kier molecular flexibility index (Phi) is 6.96. The minimum absolute atomic E-state index is 0.223. The highest BCUT2D eigenvalue weighted by atomic mass is 32.2. The number of nitrogens with one attached hydrogen (secondary N) is 1. The number of anilines is 1. The molecule has 1 fully saturated rings. The summed E-state index contributed by atoms with van der Waals surface area (Å²) >= 11 is 1.10. The Labute approximate surface area is 137 Å². The first-order valence-electron chi connectivity index (χ1n) is 7.13. The SMILES string of the molecule is OCC1OC(SCC(O)CNc2ccncn2)C(O)C(O)C1O. The molecule has 6 N–H and O–H groups in total. The molecule has 0 saturated carbocycles. The van der Waals surface area contributed by atoms with Crippen LogP contribution >= 0.6 is 11.8 Å². The Balaban J connectivity index is 1.77. The number of hydrogen-bond acceptors (Lipinski definition) is 10. The maximum absolute atomic E-state index is 9.94. The molecular formula is C13H21N3O6S. The summed E-state index contributed by atoms with van der Waals surface area (Å²) in [6, 6.07) is 1.66. The van der Waals surface area contributed by atoms with Gasteiger partial charge in [0, 0.05) is 18.5 Å². The third-order valence-corrected chi connectivity index (χ3v) is 4.70. The zero-order valence-electron chi connectivity index (χ0n) is 12.3. The van der Waals surface area contributed by atoms with E-state index in [-0.39, 0.29) is 12.3 Å². The van der Waals surface area contributed by atoms with Crippen molar-refractivity contribution >= 4 is 17.6 Å². The van der Waals surface area contributed by atoms with Crippen LogP contribution in [0.15, 0.2) is 18.6 Å². The number of rotatable bonds is 7. The molecule has 0 bridgehead atoms. The van der Waals surface area contributed by atoms with E-state index in [1.54, 1.807) is 12.3 Å². The molecule has 1 aromatic rings. The van der Waals surface area contributed by atoms with Gasteiger partial charge in [0.25, 0.3) is 0 Å². The fourth-order valence-corrected chi connectivity index (χ4v) is 3.20. The first-order chi connectivity index (χ1) is 11.0. The summed E-state index contributed by atoms with van der Waals surface area (Å²) in [6.07, 6.45) is -2.82. The first kappa shape index (κ1) is 18.3. The van der Waals surface area contributed by atoms with E-state index in [0.29, 0.717) is 5.82 Å². The van der Waals surface area contributed by atoms with E-state index in [4.69, 9.17) is 9.84 Å². The number of thioether (sulfide) groups is 1. The van der Waals surface area contributed by atoms with Crippen molar-refractivity contribution < 1.29 is 30.3 Å². The van der Waals surface area contributed by atoms with Crippen LogP contribution < -0.4 is 5.32 Å². The summed E-state index contributed by atoms with van der Waals surface area (Å²) in [5.41, 5.74) is -0.848. The van der Waals surface area contributed by atoms with Crippen molar-refractivity contribution in [1.82, 2.24) is 9.97 Å². The first-order valence-corrected chi connectivity index (χ1v) is 8.18. The van der Waals surface area contributed by atoms with Crippen LogP contribution in [0, 0.1) is 0 Å². The van der Waals surface area contributed by atoms with Crippen molar-refractivity contribution in [2.75, 3.05) is 24.2 Å². The smallest absolute Gasteiger partial charge is 0.132 e. The topological polar surface area (TPSA) is 148 Å². The lowest BCUT2D eigenvalue weighted by Crippen LogP contribution is -2.57. The van der Waals surface area contributed by atoms with Crippen molar-refractivity contribution in [3.63, 3.8) is 0 Å². The van der Waals surface area contributed by atoms with Gasteiger partial charge in [-0.2, -0.15) is 0 Å². The van der Waals surface area contributed by atoms with Crippen LogP contribution in [0.2, 0.25) is 0 Å². The van der Waals surface area contributed by atoms with E-state index >= 15 is 0 Å². The fraction of sp³-hybridized carbons (Fsp3) is 0.692. The van der Waals surface area contributed by atoms with Gasteiger partial charge in [-0.15, -0.1) is 11.8 Å². The predicted octanol–water partition coefficient (Wildman–Crippen LogP) is -2.22. The van der Waals surface area contributed by atoms with Crippen molar-refractivity contribution in [2.45, 2.75) is 36.0 Å². The van der Waals surface area contributed by atoms with Crippen LogP contribution in [0.25, 0.3) is 0 Å². The molecule has 10 heteroatoms. The predicted molar refractivity (Wildman–Crippen MR) is 82.8 cm³/mol. The molecule has 1 aromatic heterocycles. The zero-order chi connectivity index (χ0) is 16.8. The lowest BCUT2D eigenvalue weighted by molar-refractivity contribution is -0.205. The van der Waals surface area contributed by atoms with Gasteiger partial charge in [0.1, 0.15) is 42.0 Å². The van der Waals surface area contributed by atoms with Gasteiger partial charge in [-0.25, -0.2) is 9.97 Å². The Bertz CT molecular complexity index is 468. The molecule has 1 aliphatic rings. The van der Waals surface area contributed by atoms with Crippen molar-refractivity contribution in [3.05, 3.63) is 18.6 Å². The Hall–Kier alpha value is -1.01. The lowest BCUT2D eigenvalue weighted by atomic mass is 10.0. The molecule has 6 atom stereocenters. The standard InChI is InChI=1S/C13H21N3O6S/c17-4-8-10(19)11(20)12(21)13(22-8)23-5-7(18)3-15-9-1-2-14-6-16-9/h1-2,6-8,10-13,17-21H,3-5H2,(H,14,15,16). The van der Waals surface area contributed by atoms with E-state index in [2.05, 4.69) is 15.3 Å². The molecule has 1 aliphatic heterocycles. The van der Waals surface area contributed by atoms with E-state index in [0.717, 1.165) is 11.8 Å².